The Bertz CT molecular complexity index is 829. The summed E-state index contributed by atoms with van der Waals surface area (Å²) in [5.41, 5.74) is 3.25. The van der Waals surface area contributed by atoms with Crippen molar-refractivity contribution in [2.75, 3.05) is 23.1 Å². The van der Waals surface area contributed by atoms with Gasteiger partial charge in [-0.15, -0.1) is 0 Å². The van der Waals surface area contributed by atoms with Gasteiger partial charge in [0.1, 0.15) is 11.8 Å². The fourth-order valence-electron chi connectivity index (χ4n) is 2.72. The Morgan fingerprint density at radius 2 is 1.70 bits per heavy atom. The summed E-state index contributed by atoms with van der Waals surface area (Å²) >= 11 is 0. The van der Waals surface area contributed by atoms with Gasteiger partial charge in [-0.1, -0.05) is 6.07 Å². The summed E-state index contributed by atoms with van der Waals surface area (Å²) in [6.07, 6.45) is 1.95. The number of carbonyl (C=O) groups is 2. The predicted molar refractivity (Wildman–Crippen MR) is 107 cm³/mol. The fourth-order valence-corrected chi connectivity index (χ4v) is 2.72. The first-order chi connectivity index (χ1) is 13.0. The molecule has 2 aromatic carbocycles. The highest BCUT2D eigenvalue weighted by atomic mass is 16.5. The van der Waals surface area contributed by atoms with Crippen molar-refractivity contribution in [1.29, 1.82) is 0 Å². The molecule has 0 aliphatic heterocycles. The second-order valence-corrected chi connectivity index (χ2v) is 6.90. The standard InChI is InChI=1S/C21H25N3O3/c1-13-4-11-19(27-3)18(12-13)24-20(25)14(2)22-16-7-9-17(10-8-16)23-21(26)15-5-6-15/h4,7-12,14-15,22H,5-6H2,1-3H3,(H,23,26)(H,24,25)/t14-/m0/s1. The fraction of sp³-hybridized carbons (Fsp3) is 0.333. The van der Waals surface area contributed by atoms with Gasteiger partial charge in [0.2, 0.25) is 11.8 Å². The van der Waals surface area contributed by atoms with Crippen LogP contribution in [0.4, 0.5) is 17.1 Å². The van der Waals surface area contributed by atoms with Crippen molar-refractivity contribution in [1.82, 2.24) is 0 Å². The number of benzene rings is 2. The Labute approximate surface area is 159 Å². The maximum atomic E-state index is 12.5. The van der Waals surface area contributed by atoms with Crippen LogP contribution in [-0.2, 0) is 9.59 Å². The molecule has 142 valence electrons. The topological polar surface area (TPSA) is 79.5 Å². The van der Waals surface area contributed by atoms with Crippen LogP contribution in [0, 0.1) is 12.8 Å². The average Bonchev–Trinajstić information content (AvgIpc) is 3.49. The van der Waals surface area contributed by atoms with E-state index in [1.165, 1.54) is 0 Å². The summed E-state index contributed by atoms with van der Waals surface area (Å²) in [6, 6.07) is 12.5. The molecule has 0 unspecified atom stereocenters. The van der Waals surface area contributed by atoms with E-state index in [2.05, 4.69) is 16.0 Å². The molecule has 1 aliphatic rings. The van der Waals surface area contributed by atoms with E-state index in [9.17, 15) is 9.59 Å². The highest BCUT2D eigenvalue weighted by Crippen LogP contribution is 2.30. The lowest BCUT2D eigenvalue weighted by Crippen LogP contribution is -2.32. The lowest BCUT2D eigenvalue weighted by molar-refractivity contribution is -0.117. The highest BCUT2D eigenvalue weighted by Gasteiger charge is 2.29. The van der Waals surface area contributed by atoms with Crippen LogP contribution in [0.5, 0.6) is 5.75 Å². The molecule has 0 spiro atoms. The lowest BCUT2D eigenvalue weighted by atomic mass is 10.2. The molecule has 27 heavy (non-hydrogen) atoms. The maximum absolute atomic E-state index is 12.5. The number of anilines is 3. The molecule has 0 aromatic heterocycles. The van der Waals surface area contributed by atoms with Crippen molar-refractivity contribution >= 4 is 28.9 Å². The van der Waals surface area contributed by atoms with Crippen LogP contribution in [0.15, 0.2) is 42.5 Å². The van der Waals surface area contributed by atoms with Gasteiger partial charge < -0.3 is 20.7 Å². The second kappa shape index (κ2) is 8.12. The number of carbonyl (C=O) groups excluding carboxylic acids is 2. The number of rotatable bonds is 7. The van der Waals surface area contributed by atoms with Crippen LogP contribution < -0.4 is 20.7 Å². The molecular weight excluding hydrogens is 342 g/mol. The summed E-state index contributed by atoms with van der Waals surface area (Å²) in [4.78, 5) is 24.3. The molecule has 1 saturated carbocycles. The van der Waals surface area contributed by atoms with Gasteiger partial charge >= 0.3 is 0 Å². The molecule has 3 N–H and O–H groups in total. The molecular formula is C21H25N3O3. The van der Waals surface area contributed by atoms with Gasteiger partial charge in [-0.2, -0.15) is 0 Å². The Balaban J connectivity index is 1.57. The van der Waals surface area contributed by atoms with E-state index in [1.54, 1.807) is 14.0 Å². The molecule has 6 heteroatoms. The molecule has 1 atom stereocenters. The highest BCUT2D eigenvalue weighted by molar-refractivity contribution is 5.97. The first-order valence-corrected chi connectivity index (χ1v) is 9.09. The number of amides is 2. The normalized spacial score (nSPS) is 14.2. The molecule has 0 heterocycles. The number of ether oxygens (including phenoxy) is 1. The predicted octanol–water partition coefficient (Wildman–Crippen LogP) is 3.79. The summed E-state index contributed by atoms with van der Waals surface area (Å²) in [5.74, 6) is 0.711. The van der Waals surface area contributed by atoms with Gasteiger partial charge in [0.25, 0.3) is 0 Å². The van der Waals surface area contributed by atoms with Crippen LogP contribution in [-0.4, -0.2) is 25.0 Å². The molecule has 1 fully saturated rings. The third kappa shape index (κ3) is 5.00. The molecule has 1 aliphatic carbocycles. The molecule has 3 rings (SSSR count). The smallest absolute Gasteiger partial charge is 0.246 e. The van der Waals surface area contributed by atoms with E-state index in [1.807, 2.05) is 49.4 Å². The quantitative estimate of drug-likeness (QED) is 0.696. The minimum Gasteiger partial charge on any atom is -0.495 e. The number of hydrogen-bond donors (Lipinski definition) is 3. The van der Waals surface area contributed by atoms with Gasteiger partial charge in [-0.25, -0.2) is 0 Å². The summed E-state index contributed by atoms with van der Waals surface area (Å²) in [7, 11) is 1.57. The van der Waals surface area contributed by atoms with Crippen LogP contribution >= 0.6 is 0 Å². The van der Waals surface area contributed by atoms with E-state index in [0.717, 1.165) is 29.8 Å². The maximum Gasteiger partial charge on any atom is 0.246 e. The van der Waals surface area contributed by atoms with Crippen LogP contribution in [0.25, 0.3) is 0 Å². The molecule has 6 nitrogen and oxygen atoms in total. The van der Waals surface area contributed by atoms with Gasteiger partial charge in [0, 0.05) is 17.3 Å². The average molecular weight is 367 g/mol. The first kappa shape index (κ1) is 18.8. The number of nitrogens with one attached hydrogen (secondary N) is 3. The van der Waals surface area contributed by atoms with Crippen LogP contribution in [0.1, 0.15) is 25.3 Å². The summed E-state index contributed by atoms with van der Waals surface area (Å²) in [5, 5.41) is 8.96. The Hall–Kier alpha value is -3.02. The Morgan fingerprint density at radius 1 is 1.04 bits per heavy atom. The van der Waals surface area contributed by atoms with E-state index >= 15 is 0 Å². The van der Waals surface area contributed by atoms with E-state index in [4.69, 9.17) is 4.74 Å². The Morgan fingerprint density at radius 3 is 2.33 bits per heavy atom. The summed E-state index contributed by atoms with van der Waals surface area (Å²) < 4.78 is 5.30. The van der Waals surface area contributed by atoms with E-state index < -0.39 is 6.04 Å². The van der Waals surface area contributed by atoms with Crippen molar-refractivity contribution < 1.29 is 14.3 Å². The molecule has 0 saturated heterocycles. The largest absolute Gasteiger partial charge is 0.495 e. The van der Waals surface area contributed by atoms with Crippen molar-refractivity contribution in [3.8, 4) is 5.75 Å². The monoisotopic (exact) mass is 367 g/mol. The zero-order valence-electron chi connectivity index (χ0n) is 15.8. The van der Waals surface area contributed by atoms with Crippen molar-refractivity contribution in [2.24, 2.45) is 5.92 Å². The SMILES string of the molecule is COc1ccc(C)cc1NC(=O)[C@H](C)Nc1ccc(NC(=O)C2CC2)cc1. The zero-order chi connectivity index (χ0) is 19.4. The van der Waals surface area contributed by atoms with Crippen LogP contribution in [0.2, 0.25) is 0 Å². The second-order valence-electron chi connectivity index (χ2n) is 6.90. The minimum absolute atomic E-state index is 0.0792. The van der Waals surface area contributed by atoms with Gasteiger partial charge in [0.15, 0.2) is 0 Å². The number of hydrogen-bond acceptors (Lipinski definition) is 4. The molecule has 2 amide bonds. The molecule has 2 aromatic rings. The minimum atomic E-state index is -0.442. The Kier molecular flexibility index (Phi) is 5.64. The lowest BCUT2D eigenvalue weighted by Gasteiger charge is -2.17. The summed E-state index contributed by atoms with van der Waals surface area (Å²) in [6.45, 7) is 3.75. The van der Waals surface area contributed by atoms with E-state index in [-0.39, 0.29) is 17.7 Å². The zero-order valence-corrected chi connectivity index (χ0v) is 15.8. The number of aryl methyl sites for hydroxylation is 1. The van der Waals surface area contributed by atoms with Crippen molar-refractivity contribution in [2.45, 2.75) is 32.7 Å². The van der Waals surface area contributed by atoms with Gasteiger partial charge in [0.05, 0.1) is 12.8 Å². The molecule has 0 bridgehead atoms. The molecule has 0 radical (unpaired) electrons. The van der Waals surface area contributed by atoms with Crippen LogP contribution in [0.3, 0.4) is 0 Å². The van der Waals surface area contributed by atoms with E-state index in [0.29, 0.717) is 11.4 Å². The third-order valence-electron chi connectivity index (χ3n) is 4.49. The van der Waals surface area contributed by atoms with Gasteiger partial charge in [-0.05, 0) is 68.7 Å². The van der Waals surface area contributed by atoms with Crippen molar-refractivity contribution in [3.05, 3.63) is 48.0 Å². The third-order valence-corrected chi connectivity index (χ3v) is 4.49. The van der Waals surface area contributed by atoms with Crippen molar-refractivity contribution in [3.63, 3.8) is 0 Å². The number of methoxy groups -OCH3 is 1. The first-order valence-electron chi connectivity index (χ1n) is 9.09. The van der Waals surface area contributed by atoms with Gasteiger partial charge in [-0.3, -0.25) is 9.59 Å².